The van der Waals surface area contributed by atoms with Gasteiger partial charge in [0.25, 0.3) is 11.6 Å². The van der Waals surface area contributed by atoms with Crippen LogP contribution in [0.3, 0.4) is 0 Å². The van der Waals surface area contributed by atoms with E-state index in [2.05, 4.69) is 10.6 Å². The van der Waals surface area contributed by atoms with Crippen LogP contribution in [0.4, 0.5) is 15.8 Å². The molecule has 2 rings (SSSR count). The van der Waals surface area contributed by atoms with Gasteiger partial charge < -0.3 is 10.6 Å². The summed E-state index contributed by atoms with van der Waals surface area (Å²) in [5.41, 5.74) is 0.312. The monoisotopic (exact) mass is 439 g/mol. The summed E-state index contributed by atoms with van der Waals surface area (Å²) in [6.07, 6.45) is 2.18. The maximum Gasteiger partial charge on any atom is 0.288 e. The molecular weight excluding hydrogens is 421 g/mol. The highest BCUT2D eigenvalue weighted by atomic mass is 35.5. The SMILES string of the molecule is CSCC[C@@H](NC(=O)c1ccc(Cl)c([N+](=O)[O-])c1)C(=O)Nc1ccc(C)c(F)c1. The molecule has 0 heterocycles. The Morgan fingerprint density at radius 2 is 2.00 bits per heavy atom. The van der Waals surface area contributed by atoms with Crippen molar-refractivity contribution in [3.63, 3.8) is 0 Å². The van der Waals surface area contributed by atoms with Crippen molar-refractivity contribution in [2.24, 2.45) is 0 Å². The van der Waals surface area contributed by atoms with Crippen LogP contribution < -0.4 is 10.6 Å². The topological polar surface area (TPSA) is 101 Å². The molecule has 1 atom stereocenters. The first-order valence-electron chi connectivity index (χ1n) is 8.53. The number of hydrogen-bond acceptors (Lipinski definition) is 5. The number of amides is 2. The lowest BCUT2D eigenvalue weighted by atomic mass is 10.1. The van der Waals surface area contributed by atoms with Crippen molar-refractivity contribution in [2.75, 3.05) is 17.3 Å². The fraction of sp³-hybridized carbons (Fsp3) is 0.263. The number of rotatable bonds is 8. The summed E-state index contributed by atoms with van der Waals surface area (Å²) in [5, 5.41) is 16.1. The van der Waals surface area contributed by atoms with Gasteiger partial charge in [0.1, 0.15) is 16.9 Å². The minimum atomic E-state index is -0.908. The summed E-state index contributed by atoms with van der Waals surface area (Å²) >= 11 is 7.26. The number of benzene rings is 2. The highest BCUT2D eigenvalue weighted by Gasteiger charge is 2.23. The van der Waals surface area contributed by atoms with Crippen molar-refractivity contribution in [3.8, 4) is 0 Å². The predicted octanol–water partition coefficient (Wildman–Crippen LogP) is 4.19. The maximum absolute atomic E-state index is 13.7. The van der Waals surface area contributed by atoms with Crippen molar-refractivity contribution in [2.45, 2.75) is 19.4 Å². The van der Waals surface area contributed by atoms with E-state index < -0.39 is 34.3 Å². The molecular formula is C19H19ClFN3O4S. The number of anilines is 1. The van der Waals surface area contributed by atoms with Crippen LogP contribution in [-0.2, 0) is 4.79 Å². The zero-order chi connectivity index (χ0) is 21.6. The van der Waals surface area contributed by atoms with Crippen LogP contribution in [0.2, 0.25) is 5.02 Å². The number of hydrogen-bond donors (Lipinski definition) is 2. The predicted molar refractivity (Wildman–Crippen MR) is 112 cm³/mol. The lowest BCUT2D eigenvalue weighted by Crippen LogP contribution is -2.44. The van der Waals surface area contributed by atoms with Gasteiger partial charge in [-0.15, -0.1) is 0 Å². The summed E-state index contributed by atoms with van der Waals surface area (Å²) in [4.78, 5) is 35.5. The van der Waals surface area contributed by atoms with Gasteiger partial charge in [0.15, 0.2) is 0 Å². The summed E-state index contributed by atoms with van der Waals surface area (Å²) in [7, 11) is 0. The number of carbonyl (C=O) groups is 2. The van der Waals surface area contributed by atoms with Gasteiger partial charge in [0.2, 0.25) is 5.91 Å². The first-order chi connectivity index (χ1) is 13.7. The molecule has 0 bridgehead atoms. The highest BCUT2D eigenvalue weighted by molar-refractivity contribution is 7.98. The van der Waals surface area contributed by atoms with Crippen LogP contribution in [0.15, 0.2) is 36.4 Å². The van der Waals surface area contributed by atoms with E-state index in [1.54, 1.807) is 13.0 Å². The number of nitrogens with one attached hydrogen (secondary N) is 2. The summed E-state index contributed by atoms with van der Waals surface area (Å²) in [5.74, 6) is -1.04. The fourth-order valence-electron chi connectivity index (χ4n) is 2.44. The Morgan fingerprint density at radius 3 is 2.62 bits per heavy atom. The second kappa shape index (κ2) is 10.2. The molecule has 0 unspecified atom stereocenters. The smallest absolute Gasteiger partial charge is 0.288 e. The van der Waals surface area contributed by atoms with Gasteiger partial charge in [-0.3, -0.25) is 19.7 Å². The Hall–Kier alpha value is -2.65. The second-order valence-corrected chi connectivity index (χ2v) is 7.58. The number of thioether (sulfide) groups is 1. The maximum atomic E-state index is 13.7. The number of nitro groups is 1. The number of nitro benzene ring substituents is 1. The standard InChI is InChI=1S/C19H19ClFN3O4S/c1-11-3-5-13(10-15(11)21)22-19(26)16(7-8-29-2)23-18(25)12-4-6-14(20)17(9-12)24(27)28/h3-6,9-10,16H,7-8H2,1-2H3,(H,22,26)(H,23,25)/t16-/m1/s1. The van der Waals surface area contributed by atoms with Crippen LogP contribution in [0.25, 0.3) is 0 Å². The van der Waals surface area contributed by atoms with Gasteiger partial charge in [0, 0.05) is 17.3 Å². The van der Waals surface area contributed by atoms with Crippen molar-refractivity contribution >= 4 is 46.6 Å². The zero-order valence-corrected chi connectivity index (χ0v) is 17.3. The molecule has 10 heteroatoms. The van der Waals surface area contributed by atoms with Crippen LogP contribution in [0, 0.1) is 22.9 Å². The van der Waals surface area contributed by atoms with E-state index in [9.17, 15) is 24.1 Å². The van der Waals surface area contributed by atoms with E-state index in [4.69, 9.17) is 11.6 Å². The molecule has 154 valence electrons. The van der Waals surface area contributed by atoms with Gasteiger partial charge in [-0.1, -0.05) is 17.7 Å². The molecule has 0 fully saturated rings. The average molecular weight is 440 g/mol. The van der Waals surface area contributed by atoms with Gasteiger partial charge in [-0.05, 0) is 55.2 Å². The highest BCUT2D eigenvalue weighted by Crippen LogP contribution is 2.25. The van der Waals surface area contributed by atoms with Crippen molar-refractivity contribution in [3.05, 3.63) is 68.5 Å². The van der Waals surface area contributed by atoms with Crippen LogP contribution >= 0.6 is 23.4 Å². The summed E-state index contributed by atoms with van der Waals surface area (Å²) < 4.78 is 13.7. The fourth-order valence-corrected chi connectivity index (χ4v) is 3.10. The molecule has 2 aromatic carbocycles. The summed E-state index contributed by atoms with van der Waals surface area (Å²) in [6, 6.07) is 7.03. The number of aryl methyl sites for hydroxylation is 1. The molecule has 0 aromatic heterocycles. The van der Waals surface area contributed by atoms with E-state index in [-0.39, 0.29) is 16.3 Å². The normalized spacial score (nSPS) is 11.6. The van der Waals surface area contributed by atoms with E-state index in [1.165, 1.54) is 36.0 Å². The number of halogens is 2. The quantitative estimate of drug-likeness (QED) is 0.474. The third-order valence-corrected chi connectivity index (χ3v) is 5.04. The molecule has 2 aromatic rings. The number of nitrogens with zero attached hydrogens (tertiary/aromatic N) is 1. The first kappa shape index (κ1) is 22.6. The van der Waals surface area contributed by atoms with Crippen LogP contribution in [-0.4, -0.2) is 34.8 Å². The third kappa shape index (κ3) is 6.16. The molecule has 0 radical (unpaired) electrons. The van der Waals surface area contributed by atoms with Gasteiger partial charge in [-0.2, -0.15) is 11.8 Å². The Morgan fingerprint density at radius 1 is 1.28 bits per heavy atom. The molecule has 2 N–H and O–H groups in total. The van der Waals surface area contributed by atoms with Crippen LogP contribution in [0.5, 0.6) is 0 Å². The molecule has 0 aliphatic rings. The van der Waals surface area contributed by atoms with Crippen molar-refractivity contribution < 1.29 is 18.9 Å². The Bertz CT molecular complexity index is 942. The van der Waals surface area contributed by atoms with E-state index in [0.717, 1.165) is 6.07 Å². The lowest BCUT2D eigenvalue weighted by Gasteiger charge is -2.18. The Kier molecular flexibility index (Phi) is 7.98. The van der Waals surface area contributed by atoms with Crippen molar-refractivity contribution in [1.82, 2.24) is 5.32 Å². The number of carbonyl (C=O) groups excluding carboxylic acids is 2. The van der Waals surface area contributed by atoms with Gasteiger partial charge in [-0.25, -0.2) is 4.39 Å². The molecule has 0 saturated carbocycles. The zero-order valence-electron chi connectivity index (χ0n) is 15.7. The van der Waals surface area contributed by atoms with Crippen LogP contribution in [0.1, 0.15) is 22.3 Å². The first-order valence-corrected chi connectivity index (χ1v) is 10.3. The molecule has 7 nitrogen and oxygen atoms in total. The molecule has 2 amide bonds. The van der Waals surface area contributed by atoms with E-state index in [1.807, 2.05) is 6.26 Å². The van der Waals surface area contributed by atoms with E-state index in [0.29, 0.717) is 17.7 Å². The minimum absolute atomic E-state index is 0.00410. The minimum Gasteiger partial charge on any atom is -0.340 e. The van der Waals surface area contributed by atoms with Gasteiger partial charge >= 0.3 is 0 Å². The molecule has 0 saturated heterocycles. The van der Waals surface area contributed by atoms with Gasteiger partial charge in [0.05, 0.1) is 4.92 Å². The average Bonchev–Trinajstić information content (AvgIpc) is 2.67. The lowest BCUT2D eigenvalue weighted by molar-refractivity contribution is -0.384. The molecule has 0 aliphatic heterocycles. The van der Waals surface area contributed by atoms with Crippen molar-refractivity contribution in [1.29, 1.82) is 0 Å². The summed E-state index contributed by atoms with van der Waals surface area (Å²) in [6.45, 7) is 1.60. The third-order valence-electron chi connectivity index (χ3n) is 4.08. The second-order valence-electron chi connectivity index (χ2n) is 6.18. The Labute approximate surface area is 176 Å². The largest absolute Gasteiger partial charge is 0.340 e. The van der Waals surface area contributed by atoms with E-state index >= 15 is 0 Å². The molecule has 29 heavy (non-hydrogen) atoms. The molecule has 0 spiro atoms. The molecule has 0 aliphatic carbocycles. The Balaban J connectivity index is 2.17.